The highest BCUT2D eigenvalue weighted by atomic mass is 32.2. The molecule has 0 spiro atoms. The van der Waals surface area contributed by atoms with Gasteiger partial charge in [0.15, 0.2) is 0 Å². The van der Waals surface area contributed by atoms with Crippen LogP contribution in [0.5, 0.6) is 0 Å². The molecule has 2 N–H and O–H groups in total. The number of piperazine rings is 1. The number of amides is 2. The summed E-state index contributed by atoms with van der Waals surface area (Å²) in [5.41, 5.74) is 6.34. The molecule has 1 aromatic rings. The van der Waals surface area contributed by atoms with Gasteiger partial charge in [0.1, 0.15) is 6.04 Å². The molecule has 2 heterocycles. The minimum atomic E-state index is -3.33. The third kappa shape index (κ3) is 3.68. The fourth-order valence-electron chi connectivity index (χ4n) is 3.42. The van der Waals surface area contributed by atoms with E-state index in [0.29, 0.717) is 37.3 Å². The SMILES string of the molecule is CN1CCN(C(=O)c2cccc(N3CCCCS3(=O)=O)c2)C[C@@H]1C(N)=O. The summed E-state index contributed by atoms with van der Waals surface area (Å²) in [5, 5.41) is 0. The second kappa shape index (κ2) is 7.24. The number of nitrogens with two attached hydrogens (primary N) is 1. The lowest BCUT2D eigenvalue weighted by Crippen LogP contribution is -2.57. The van der Waals surface area contributed by atoms with Crippen molar-refractivity contribution < 1.29 is 18.0 Å². The Bertz CT molecular complexity index is 811. The van der Waals surface area contributed by atoms with Crippen molar-refractivity contribution in [1.29, 1.82) is 0 Å². The van der Waals surface area contributed by atoms with Crippen molar-refractivity contribution in [2.75, 3.05) is 43.3 Å². The number of carbonyl (C=O) groups excluding carboxylic acids is 2. The zero-order valence-electron chi connectivity index (χ0n) is 14.8. The average Bonchev–Trinajstić information content (AvgIpc) is 2.61. The maximum atomic E-state index is 12.9. The number of carbonyl (C=O) groups is 2. The summed E-state index contributed by atoms with van der Waals surface area (Å²) in [6.45, 7) is 1.71. The van der Waals surface area contributed by atoms with Crippen LogP contribution in [0.2, 0.25) is 0 Å². The molecule has 2 saturated heterocycles. The molecular weight excluding hydrogens is 356 g/mol. The molecule has 2 aliphatic heterocycles. The van der Waals surface area contributed by atoms with E-state index >= 15 is 0 Å². The summed E-state index contributed by atoms with van der Waals surface area (Å²) < 4.78 is 26.0. The number of hydrogen-bond donors (Lipinski definition) is 1. The third-order valence-corrected chi connectivity index (χ3v) is 6.86. The lowest BCUT2D eigenvalue weighted by atomic mass is 10.1. The van der Waals surface area contributed by atoms with Crippen molar-refractivity contribution >= 4 is 27.5 Å². The maximum absolute atomic E-state index is 12.9. The molecule has 0 radical (unpaired) electrons. The van der Waals surface area contributed by atoms with E-state index in [9.17, 15) is 18.0 Å². The van der Waals surface area contributed by atoms with Crippen LogP contribution in [0.3, 0.4) is 0 Å². The third-order valence-electron chi connectivity index (χ3n) is 4.99. The Kier molecular flexibility index (Phi) is 5.19. The van der Waals surface area contributed by atoms with Gasteiger partial charge in [0.2, 0.25) is 15.9 Å². The van der Waals surface area contributed by atoms with Crippen LogP contribution in [0.15, 0.2) is 24.3 Å². The van der Waals surface area contributed by atoms with Gasteiger partial charge >= 0.3 is 0 Å². The first-order valence-electron chi connectivity index (χ1n) is 8.69. The molecule has 1 atom stereocenters. The zero-order valence-corrected chi connectivity index (χ0v) is 15.6. The number of nitrogens with zero attached hydrogens (tertiary/aromatic N) is 3. The van der Waals surface area contributed by atoms with Gasteiger partial charge in [-0.05, 0) is 38.1 Å². The number of hydrogen-bond acceptors (Lipinski definition) is 5. The van der Waals surface area contributed by atoms with Gasteiger partial charge in [-0.1, -0.05) is 6.07 Å². The predicted molar refractivity (Wildman–Crippen MR) is 98.3 cm³/mol. The molecule has 0 bridgehead atoms. The number of rotatable bonds is 3. The van der Waals surface area contributed by atoms with Crippen LogP contribution in [0.1, 0.15) is 23.2 Å². The van der Waals surface area contributed by atoms with Gasteiger partial charge in [-0.25, -0.2) is 8.42 Å². The Balaban J connectivity index is 1.81. The van der Waals surface area contributed by atoms with Gasteiger partial charge in [0.25, 0.3) is 5.91 Å². The number of anilines is 1. The van der Waals surface area contributed by atoms with Gasteiger partial charge in [-0.3, -0.25) is 18.8 Å². The Morgan fingerprint density at radius 1 is 1.15 bits per heavy atom. The topological polar surface area (TPSA) is 104 Å². The molecule has 0 saturated carbocycles. The summed E-state index contributed by atoms with van der Waals surface area (Å²) in [4.78, 5) is 27.9. The van der Waals surface area contributed by atoms with E-state index in [1.165, 1.54) is 4.31 Å². The van der Waals surface area contributed by atoms with Gasteiger partial charge in [0, 0.05) is 31.7 Å². The highest BCUT2D eigenvalue weighted by molar-refractivity contribution is 7.92. The molecule has 8 nitrogen and oxygen atoms in total. The van der Waals surface area contributed by atoms with Crippen molar-refractivity contribution in [3.63, 3.8) is 0 Å². The highest BCUT2D eigenvalue weighted by Gasteiger charge is 2.32. The molecule has 9 heteroatoms. The number of primary amides is 1. The van der Waals surface area contributed by atoms with Crippen molar-refractivity contribution in [3.05, 3.63) is 29.8 Å². The first-order valence-corrected chi connectivity index (χ1v) is 10.3. The first-order chi connectivity index (χ1) is 12.3. The molecule has 2 aliphatic rings. The van der Waals surface area contributed by atoms with E-state index in [-0.39, 0.29) is 18.2 Å². The lowest BCUT2D eigenvalue weighted by Gasteiger charge is -2.37. The molecule has 2 fully saturated rings. The standard InChI is InChI=1S/C17H24N4O4S/c1-19-8-9-20(12-15(19)16(18)22)17(23)13-5-4-6-14(11-13)21-7-2-3-10-26(21,24)25/h4-6,11,15H,2-3,7-10,12H2,1H3,(H2,18,22)/t15-/m1/s1. The summed E-state index contributed by atoms with van der Waals surface area (Å²) >= 11 is 0. The van der Waals surface area contributed by atoms with Gasteiger partial charge in [0.05, 0.1) is 11.4 Å². The molecule has 142 valence electrons. The Labute approximate surface area is 153 Å². The molecule has 1 aromatic carbocycles. The van der Waals surface area contributed by atoms with Crippen molar-refractivity contribution in [2.24, 2.45) is 5.73 Å². The molecule has 0 aromatic heterocycles. The molecule has 0 aliphatic carbocycles. The van der Waals surface area contributed by atoms with Crippen LogP contribution in [0.4, 0.5) is 5.69 Å². The van der Waals surface area contributed by atoms with E-state index < -0.39 is 22.0 Å². The monoisotopic (exact) mass is 380 g/mol. The van der Waals surface area contributed by atoms with Gasteiger partial charge in [-0.15, -0.1) is 0 Å². The minimum Gasteiger partial charge on any atom is -0.368 e. The number of benzene rings is 1. The predicted octanol–water partition coefficient (Wildman–Crippen LogP) is -0.142. The van der Waals surface area contributed by atoms with Crippen LogP contribution >= 0.6 is 0 Å². The van der Waals surface area contributed by atoms with E-state index in [1.54, 1.807) is 36.2 Å². The van der Waals surface area contributed by atoms with E-state index in [0.717, 1.165) is 6.42 Å². The van der Waals surface area contributed by atoms with E-state index in [1.807, 2.05) is 4.90 Å². The van der Waals surface area contributed by atoms with Gasteiger partial charge < -0.3 is 10.6 Å². The largest absolute Gasteiger partial charge is 0.368 e. The Morgan fingerprint density at radius 3 is 2.62 bits per heavy atom. The fourth-order valence-corrected chi connectivity index (χ4v) is 5.05. The molecule has 26 heavy (non-hydrogen) atoms. The highest BCUT2D eigenvalue weighted by Crippen LogP contribution is 2.25. The van der Waals surface area contributed by atoms with E-state index in [2.05, 4.69) is 0 Å². The smallest absolute Gasteiger partial charge is 0.254 e. The van der Waals surface area contributed by atoms with Crippen LogP contribution in [0.25, 0.3) is 0 Å². The normalized spacial score (nSPS) is 23.7. The van der Waals surface area contributed by atoms with Crippen LogP contribution in [-0.4, -0.2) is 75.1 Å². The minimum absolute atomic E-state index is 0.129. The molecule has 3 rings (SSSR count). The van der Waals surface area contributed by atoms with Gasteiger partial charge in [-0.2, -0.15) is 0 Å². The quantitative estimate of drug-likeness (QED) is 0.786. The first kappa shape index (κ1) is 18.7. The van der Waals surface area contributed by atoms with Crippen molar-refractivity contribution in [2.45, 2.75) is 18.9 Å². The Hall–Kier alpha value is -2.13. The number of likely N-dealkylation sites (N-methyl/N-ethyl adjacent to an activating group) is 1. The second-order valence-electron chi connectivity index (χ2n) is 6.80. The summed E-state index contributed by atoms with van der Waals surface area (Å²) in [6, 6.07) is 6.16. The number of sulfonamides is 1. The molecule has 0 unspecified atom stereocenters. The van der Waals surface area contributed by atoms with Crippen LogP contribution < -0.4 is 10.0 Å². The van der Waals surface area contributed by atoms with Crippen molar-refractivity contribution in [3.8, 4) is 0 Å². The van der Waals surface area contributed by atoms with Crippen molar-refractivity contribution in [1.82, 2.24) is 9.80 Å². The van der Waals surface area contributed by atoms with E-state index in [4.69, 9.17) is 5.73 Å². The molecule has 2 amide bonds. The lowest BCUT2D eigenvalue weighted by molar-refractivity contribution is -0.124. The Morgan fingerprint density at radius 2 is 1.92 bits per heavy atom. The van der Waals surface area contributed by atoms with Crippen LogP contribution in [-0.2, 0) is 14.8 Å². The summed E-state index contributed by atoms with van der Waals surface area (Å²) in [5.74, 6) is -0.553. The van der Waals surface area contributed by atoms with Crippen LogP contribution in [0, 0.1) is 0 Å². The average molecular weight is 380 g/mol. The second-order valence-corrected chi connectivity index (χ2v) is 8.81. The summed E-state index contributed by atoms with van der Waals surface area (Å²) in [6.07, 6.45) is 1.46. The zero-order chi connectivity index (χ0) is 18.9. The fraction of sp³-hybridized carbons (Fsp3) is 0.529. The maximum Gasteiger partial charge on any atom is 0.254 e. The molecular formula is C17H24N4O4S. The summed E-state index contributed by atoms with van der Waals surface area (Å²) in [7, 11) is -1.53.